The van der Waals surface area contributed by atoms with Gasteiger partial charge in [-0.1, -0.05) is 0 Å². The molecule has 0 atom stereocenters. The Morgan fingerprint density at radius 3 is 2.40 bits per heavy atom. The maximum atomic E-state index is 11.4. The summed E-state index contributed by atoms with van der Waals surface area (Å²) in [4.78, 5) is 17.1. The smallest absolute Gasteiger partial charge is 0.225 e. The van der Waals surface area contributed by atoms with Crippen molar-refractivity contribution in [3.05, 3.63) is 18.5 Å². The minimum atomic E-state index is -3.15. The van der Waals surface area contributed by atoms with Crippen LogP contribution in [0.2, 0.25) is 0 Å². The number of aromatic nitrogens is 2. The molecule has 0 radical (unpaired) electrons. The number of sulfonamides is 1. The number of halogens is 1. The van der Waals surface area contributed by atoms with E-state index in [1.54, 1.807) is 32.4 Å². The molecule has 9 nitrogen and oxygen atoms in total. The quantitative estimate of drug-likeness (QED) is 0.249. The van der Waals surface area contributed by atoms with Crippen molar-refractivity contribution in [2.24, 2.45) is 4.99 Å². The monoisotopic (exact) mass is 483 g/mol. The standard InChI is InChI=1S/C14H25N7O2S.HI/c1-3-24(22,23)19-8-7-18-13(15-2)20-9-11-21(12-10-20)14-16-5-4-6-17-14;/h4-6,19H,3,7-12H2,1-2H3,(H,15,18);1H. The van der Waals surface area contributed by atoms with Crippen molar-refractivity contribution in [3.63, 3.8) is 0 Å². The minimum absolute atomic E-state index is 0. The van der Waals surface area contributed by atoms with Gasteiger partial charge >= 0.3 is 0 Å². The molecule has 25 heavy (non-hydrogen) atoms. The summed E-state index contributed by atoms with van der Waals surface area (Å²) in [7, 11) is -1.42. The first-order valence-electron chi connectivity index (χ1n) is 8.00. The van der Waals surface area contributed by atoms with Crippen molar-refractivity contribution >= 4 is 45.9 Å². The van der Waals surface area contributed by atoms with Gasteiger partial charge in [0.05, 0.1) is 5.75 Å². The van der Waals surface area contributed by atoms with Crippen molar-refractivity contribution < 1.29 is 8.42 Å². The van der Waals surface area contributed by atoms with Gasteiger partial charge in [0.2, 0.25) is 16.0 Å². The lowest BCUT2D eigenvalue weighted by Crippen LogP contribution is -2.53. The summed E-state index contributed by atoms with van der Waals surface area (Å²) in [6.45, 7) is 5.68. The lowest BCUT2D eigenvalue weighted by Gasteiger charge is -2.36. The second kappa shape index (κ2) is 10.7. The van der Waals surface area contributed by atoms with Crippen LogP contribution in [0.25, 0.3) is 0 Å². The number of piperazine rings is 1. The molecule has 11 heteroatoms. The van der Waals surface area contributed by atoms with Crippen molar-refractivity contribution in [2.75, 3.05) is 57.0 Å². The molecule has 0 unspecified atom stereocenters. The number of nitrogens with zero attached hydrogens (tertiary/aromatic N) is 5. The molecule has 2 N–H and O–H groups in total. The summed E-state index contributed by atoms with van der Waals surface area (Å²) in [5.41, 5.74) is 0. The topological polar surface area (TPSA) is 103 Å². The van der Waals surface area contributed by atoms with Crippen LogP contribution < -0.4 is 14.9 Å². The molecule has 0 aromatic carbocycles. The second-order valence-corrected chi connectivity index (χ2v) is 7.39. The molecule has 1 aliphatic heterocycles. The molecular weight excluding hydrogens is 457 g/mol. The average Bonchev–Trinajstić information content (AvgIpc) is 2.63. The van der Waals surface area contributed by atoms with Gasteiger partial charge in [-0.15, -0.1) is 24.0 Å². The molecule has 0 spiro atoms. The fraction of sp³-hybridized carbons (Fsp3) is 0.643. The fourth-order valence-corrected chi connectivity index (χ4v) is 3.01. The van der Waals surface area contributed by atoms with Crippen molar-refractivity contribution in [2.45, 2.75) is 6.92 Å². The zero-order valence-corrected chi connectivity index (χ0v) is 17.7. The molecule has 1 aromatic rings. The highest BCUT2D eigenvalue weighted by Gasteiger charge is 2.20. The molecule has 142 valence electrons. The summed E-state index contributed by atoms with van der Waals surface area (Å²) >= 11 is 0. The Bertz CT molecular complexity index is 634. The lowest BCUT2D eigenvalue weighted by atomic mass is 10.3. The molecule has 0 aliphatic carbocycles. The van der Waals surface area contributed by atoms with Crippen LogP contribution in [0.15, 0.2) is 23.5 Å². The molecule has 2 rings (SSSR count). The molecule has 1 fully saturated rings. The summed E-state index contributed by atoms with van der Waals surface area (Å²) in [6, 6.07) is 1.80. The number of anilines is 1. The van der Waals surface area contributed by atoms with E-state index >= 15 is 0 Å². The molecule has 1 aliphatic rings. The van der Waals surface area contributed by atoms with Gasteiger partial charge in [-0.3, -0.25) is 4.99 Å². The normalized spacial score (nSPS) is 15.7. The lowest BCUT2D eigenvalue weighted by molar-refractivity contribution is 0.370. The number of nitrogens with one attached hydrogen (secondary N) is 2. The van der Waals surface area contributed by atoms with Gasteiger partial charge in [0.1, 0.15) is 0 Å². The Morgan fingerprint density at radius 1 is 1.20 bits per heavy atom. The number of hydrogen-bond donors (Lipinski definition) is 2. The second-order valence-electron chi connectivity index (χ2n) is 5.29. The van der Waals surface area contributed by atoms with Gasteiger partial charge in [0.15, 0.2) is 5.96 Å². The average molecular weight is 483 g/mol. The van der Waals surface area contributed by atoms with Gasteiger partial charge < -0.3 is 15.1 Å². The first kappa shape index (κ1) is 21.8. The predicted octanol–water partition coefficient (Wildman–Crippen LogP) is -0.269. The minimum Gasteiger partial charge on any atom is -0.355 e. The highest BCUT2D eigenvalue weighted by molar-refractivity contribution is 14.0. The maximum Gasteiger partial charge on any atom is 0.225 e. The summed E-state index contributed by atoms with van der Waals surface area (Å²) in [6.07, 6.45) is 3.49. The summed E-state index contributed by atoms with van der Waals surface area (Å²) < 4.78 is 25.3. The highest BCUT2D eigenvalue weighted by atomic mass is 127. The van der Waals surface area contributed by atoms with Gasteiger partial charge in [-0.2, -0.15) is 0 Å². The predicted molar refractivity (Wildman–Crippen MR) is 110 cm³/mol. The van der Waals surface area contributed by atoms with E-state index in [0.29, 0.717) is 13.1 Å². The third kappa shape index (κ3) is 6.90. The fourth-order valence-electron chi connectivity index (χ4n) is 2.39. The van der Waals surface area contributed by atoms with E-state index in [1.165, 1.54) is 0 Å². The highest BCUT2D eigenvalue weighted by Crippen LogP contribution is 2.09. The van der Waals surface area contributed by atoms with Crippen molar-refractivity contribution in [1.29, 1.82) is 0 Å². The molecule has 0 saturated carbocycles. The third-order valence-electron chi connectivity index (χ3n) is 3.74. The number of guanidine groups is 1. The Kier molecular flexibility index (Phi) is 9.35. The van der Waals surface area contributed by atoms with Crippen LogP contribution in [0.5, 0.6) is 0 Å². The maximum absolute atomic E-state index is 11.4. The van der Waals surface area contributed by atoms with E-state index in [2.05, 4.69) is 34.8 Å². The molecule has 0 amide bonds. The van der Waals surface area contributed by atoms with Gasteiger partial charge in [0, 0.05) is 58.7 Å². The van der Waals surface area contributed by atoms with Crippen LogP contribution in [-0.2, 0) is 10.0 Å². The van der Waals surface area contributed by atoms with Crippen LogP contribution in [0.4, 0.5) is 5.95 Å². The molecule has 0 bridgehead atoms. The van der Waals surface area contributed by atoms with E-state index in [0.717, 1.165) is 38.1 Å². The Balaban J connectivity index is 0.00000312. The van der Waals surface area contributed by atoms with E-state index in [9.17, 15) is 8.42 Å². The zero-order chi connectivity index (χ0) is 17.4. The van der Waals surface area contributed by atoms with E-state index < -0.39 is 10.0 Å². The van der Waals surface area contributed by atoms with E-state index in [-0.39, 0.29) is 29.7 Å². The van der Waals surface area contributed by atoms with Crippen LogP contribution in [0.1, 0.15) is 6.92 Å². The first-order chi connectivity index (χ1) is 11.6. The van der Waals surface area contributed by atoms with E-state index in [4.69, 9.17) is 0 Å². The first-order valence-corrected chi connectivity index (χ1v) is 9.66. The summed E-state index contributed by atoms with van der Waals surface area (Å²) in [5.74, 6) is 1.61. The number of aliphatic imine (C=N–C) groups is 1. The molecule has 1 saturated heterocycles. The SMILES string of the molecule is CCS(=O)(=O)NCCNC(=NC)N1CCN(c2ncccn2)CC1.I. The van der Waals surface area contributed by atoms with Crippen molar-refractivity contribution in [1.82, 2.24) is 24.9 Å². The van der Waals surface area contributed by atoms with Crippen LogP contribution in [-0.4, -0.2) is 81.3 Å². The van der Waals surface area contributed by atoms with Gasteiger partial charge in [-0.05, 0) is 13.0 Å². The largest absolute Gasteiger partial charge is 0.355 e. The van der Waals surface area contributed by atoms with Crippen LogP contribution in [0, 0.1) is 0 Å². The van der Waals surface area contributed by atoms with E-state index in [1.807, 2.05) is 0 Å². The van der Waals surface area contributed by atoms with Gasteiger partial charge in [-0.25, -0.2) is 23.1 Å². The Labute approximate surface area is 166 Å². The summed E-state index contributed by atoms with van der Waals surface area (Å²) in [5, 5.41) is 3.19. The van der Waals surface area contributed by atoms with Crippen LogP contribution >= 0.6 is 24.0 Å². The molecule has 1 aromatic heterocycles. The Morgan fingerprint density at radius 2 is 1.84 bits per heavy atom. The van der Waals surface area contributed by atoms with Crippen LogP contribution in [0.3, 0.4) is 0 Å². The number of rotatable bonds is 6. The number of hydrogen-bond acceptors (Lipinski definition) is 6. The molecular formula is C14H26IN7O2S. The van der Waals surface area contributed by atoms with Gasteiger partial charge in [0.25, 0.3) is 0 Å². The Hall–Kier alpha value is -1.21. The zero-order valence-electron chi connectivity index (χ0n) is 14.6. The molecule has 2 heterocycles. The van der Waals surface area contributed by atoms with Crippen molar-refractivity contribution in [3.8, 4) is 0 Å². The third-order valence-corrected chi connectivity index (χ3v) is 5.14.